The Kier molecular flexibility index (Phi) is 3.39. The molecule has 4 rings (SSSR count). The lowest BCUT2D eigenvalue weighted by Gasteiger charge is -2.08. The molecule has 118 valence electrons. The van der Waals surface area contributed by atoms with Crippen molar-refractivity contribution in [3.8, 4) is 0 Å². The summed E-state index contributed by atoms with van der Waals surface area (Å²) in [5.41, 5.74) is 0. The zero-order valence-electron chi connectivity index (χ0n) is 12.3. The van der Waals surface area contributed by atoms with Crippen molar-refractivity contribution in [3.05, 3.63) is 54.2 Å². The van der Waals surface area contributed by atoms with Crippen molar-refractivity contribution < 1.29 is 12.9 Å². The summed E-state index contributed by atoms with van der Waals surface area (Å²) in [6.07, 6.45) is 2.14. The van der Waals surface area contributed by atoms with Crippen molar-refractivity contribution in [2.75, 3.05) is 0 Å². The lowest BCUT2D eigenvalue weighted by molar-refractivity contribution is 0.370. The largest absolute Gasteiger partial charge is 0.338 e. The Labute approximate surface area is 133 Å². The first kappa shape index (κ1) is 14.3. The van der Waals surface area contributed by atoms with Crippen molar-refractivity contribution in [1.29, 1.82) is 0 Å². The van der Waals surface area contributed by atoms with E-state index in [1.165, 1.54) is 0 Å². The average molecular weight is 329 g/mol. The predicted octanol–water partition coefficient (Wildman–Crippen LogP) is 2.58. The molecule has 1 N–H and O–H groups in total. The first-order valence-corrected chi connectivity index (χ1v) is 8.92. The number of nitrogens with one attached hydrogen (secondary N) is 1. The highest BCUT2D eigenvalue weighted by Gasteiger charge is 2.29. The molecular weight excluding hydrogens is 314 g/mol. The lowest BCUT2D eigenvalue weighted by Crippen LogP contribution is -2.23. The molecule has 6 nitrogen and oxygen atoms in total. The highest BCUT2D eigenvalue weighted by Crippen LogP contribution is 2.38. The van der Waals surface area contributed by atoms with Crippen molar-refractivity contribution in [1.82, 2.24) is 14.9 Å². The standard InChI is InChI=1S/C16H15N3O3S/c20-23(21,14-7-3-5-11-4-1-2-6-13(11)14)17-10-15-18-16(19-22-15)12-8-9-12/h1-7,12,17H,8-10H2. The summed E-state index contributed by atoms with van der Waals surface area (Å²) in [5, 5.41) is 5.45. The van der Waals surface area contributed by atoms with Crippen LogP contribution in [0, 0.1) is 0 Å². The van der Waals surface area contributed by atoms with Crippen molar-refractivity contribution >= 4 is 20.8 Å². The van der Waals surface area contributed by atoms with Gasteiger partial charge in [0.25, 0.3) is 0 Å². The number of fused-ring (bicyclic) bond motifs is 1. The van der Waals surface area contributed by atoms with E-state index in [4.69, 9.17) is 4.52 Å². The number of hydrogen-bond donors (Lipinski definition) is 1. The van der Waals surface area contributed by atoms with Gasteiger partial charge < -0.3 is 4.52 Å². The summed E-state index contributed by atoms with van der Waals surface area (Å²) in [4.78, 5) is 4.47. The Balaban J connectivity index is 1.58. The van der Waals surface area contributed by atoms with Gasteiger partial charge in [0.15, 0.2) is 5.82 Å². The van der Waals surface area contributed by atoms with Gasteiger partial charge in [-0.25, -0.2) is 13.1 Å². The van der Waals surface area contributed by atoms with Gasteiger partial charge in [-0.2, -0.15) is 4.98 Å². The molecule has 1 saturated carbocycles. The Morgan fingerprint density at radius 3 is 2.74 bits per heavy atom. The fourth-order valence-electron chi connectivity index (χ4n) is 2.51. The molecule has 0 amide bonds. The van der Waals surface area contributed by atoms with Gasteiger partial charge in [-0.15, -0.1) is 0 Å². The molecule has 1 aliphatic carbocycles. The van der Waals surface area contributed by atoms with Crippen molar-refractivity contribution in [2.24, 2.45) is 0 Å². The van der Waals surface area contributed by atoms with E-state index < -0.39 is 10.0 Å². The van der Waals surface area contributed by atoms with E-state index in [0.29, 0.717) is 17.1 Å². The van der Waals surface area contributed by atoms with Gasteiger partial charge in [0.1, 0.15) is 0 Å². The molecular formula is C16H15N3O3S. The fraction of sp³-hybridized carbons (Fsp3) is 0.250. The first-order chi connectivity index (χ1) is 11.1. The average Bonchev–Trinajstić information content (AvgIpc) is 3.31. The third-order valence-corrected chi connectivity index (χ3v) is 5.34. The van der Waals surface area contributed by atoms with E-state index in [2.05, 4.69) is 14.9 Å². The minimum atomic E-state index is -3.66. The van der Waals surface area contributed by atoms with E-state index in [1.807, 2.05) is 24.3 Å². The Bertz CT molecular complexity index is 956. The number of benzene rings is 2. The van der Waals surface area contributed by atoms with Crippen LogP contribution in [0.15, 0.2) is 51.9 Å². The summed E-state index contributed by atoms with van der Waals surface area (Å²) < 4.78 is 32.8. The summed E-state index contributed by atoms with van der Waals surface area (Å²) in [6, 6.07) is 12.6. The third kappa shape index (κ3) is 2.85. The maximum Gasteiger partial charge on any atom is 0.241 e. The van der Waals surface area contributed by atoms with Gasteiger partial charge in [-0.1, -0.05) is 41.6 Å². The minimum Gasteiger partial charge on any atom is -0.338 e. The molecule has 7 heteroatoms. The summed E-state index contributed by atoms with van der Waals surface area (Å²) in [5.74, 6) is 1.34. The van der Waals surface area contributed by atoms with Crippen LogP contribution >= 0.6 is 0 Å². The first-order valence-electron chi connectivity index (χ1n) is 7.43. The molecule has 0 unspecified atom stereocenters. The number of nitrogens with zero attached hydrogens (tertiary/aromatic N) is 2. The summed E-state index contributed by atoms with van der Waals surface area (Å²) >= 11 is 0. The maximum atomic E-state index is 12.6. The Morgan fingerprint density at radius 2 is 1.91 bits per heavy atom. The third-order valence-electron chi connectivity index (χ3n) is 3.88. The van der Waals surface area contributed by atoms with Gasteiger partial charge in [0, 0.05) is 11.3 Å². The second kappa shape index (κ2) is 5.43. The molecule has 3 aromatic rings. The quantitative estimate of drug-likeness (QED) is 0.777. The van der Waals surface area contributed by atoms with E-state index >= 15 is 0 Å². The molecule has 1 aromatic heterocycles. The van der Waals surface area contributed by atoms with Crippen LogP contribution in [0.2, 0.25) is 0 Å². The van der Waals surface area contributed by atoms with Gasteiger partial charge in [-0.3, -0.25) is 0 Å². The smallest absolute Gasteiger partial charge is 0.241 e. The predicted molar refractivity (Wildman–Crippen MR) is 84.2 cm³/mol. The monoisotopic (exact) mass is 329 g/mol. The normalized spacial score (nSPS) is 15.1. The molecule has 23 heavy (non-hydrogen) atoms. The highest BCUT2D eigenvalue weighted by atomic mass is 32.2. The zero-order chi connectivity index (χ0) is 15.9. The van der Waals surface area contributed by atoms with Gasteiger partial charge >= 0.3 is 0 Å². The molecule has 0 aliphatic heterocycles. The molecule has 0 bridgehead atoms. The van der Waals surface area contributed by atoms with E-state index in [9.17, 15) is 8.42 Å². The van der Waals surface area contributed by atoms with Crippen molar-refractivity contribution in [3.63, 3.8) is 0 Å². The van der Waals surface area contributed by atoms with Crippen LogP contribution in [0.1, 0.15) is 30.5 Å². The second-order valence-corrected chi connectivity index (χ2v) is 7.36. The van der Waals surface area contributed by atoms with E-state index in [0.717, 1.165) is 18.2 Å². The Morgan fingerprint density at radius 1 is 1.13 bits per heavy atom. The number of aromatic nitrogens is 2. The second-order valence-electron chi connectivity index (χ2n) is 5.62. The zero-order valence-corrected chi connectivity index (χ0v) is 13.1. The molecule has 0 saturated heterocycles. The van der Waals surface area contributed by atoms with Crippen LogP contribution in [-0.4, -0.2) is 18.6 Å². The maximum absolute atomic E-state index is 12.6. The minimum absolute atomic E-state index is 0.00866. The SMILES string of the molecule is O=S(=O)(NCc1nc(C2CC2)no1)c1cccc2ccccc12. The molecule has 0 atom stereocenters. The summed E-state index contributed by atoms with van der Waals surface area (Å²) in [6.45, 7) is -0.00866. The van der Waals surface area contributed by atoms with Crippen LogP contribution in [0.25, 0.3) is 10.8 Å². The van der Waals surface area contributed by atoms with Crippen LogP contribution in [0.3, 0.4) is 0 Å². The molecule has 1 aliphatic rings. The summed E-state index contributed by atoms with van der Waals surface area (Å²) in [7, 11) is -3.66. The Hall–Kier alpha value is -2.25. The fourth-order valence-corrected chi connectivity index (χ4v) is 3.71. The highest BCUT2D eigenvalue weighted by molar-refractivity contribution is 7.89. The van der Waals surface area contributed by atoms with E-state index in [-0.39, 0.29) is 17.3 Å². The molecule has 0 spiro atoms. The molecule has 2 aromatic carbocycles. The van der Waals surface area contributed by atoms with Crippen LogP contribution < -0.4 is 4.72 Å². The van der Waals surface area contributed by atoms with Crippen LogP contribution in [0.5, 0.6) is 0 Å². The molecule has 1 fully saturated rings. The number of sulfonamides is 1. The van der Waals surface area contributed by atoms with Crippen LogP contribution in [-0.2, 0) is 16.6 Å². The lowest BCUT2D eigenvalue weighted by atomic mass is 10.1. The molecule has 1 heterocycles. The number of rotatable bonds is 5. The van der Waals surface area contributed by atoms with Crippen molar-refractivity contribution in [2.45, 2.75) is 30.2 Å². The van der Waals surface area contributed by atoms with Gasteiger partial charge in [0.05, 0.1) is 11.4 Å². The van der Waals surface area contributed by atoms with Crippen LogP contribution in [0.4, 0.5) is 0 Å². The van der Waals surface area contributed by atoms with Gasteiger partial charge in [-0.05, 0) is 24.3 Å². The topological polar surface area (TPSA) is 85.1 Å². The van der Waals surface area contributed by atoms with E-state index in [1.54, 1.807) is 18.2 Å². The number of hydrogen-bond acceptors (Lipinski definition) is 5. The van der Waals surface area contributed by atoms with Gasteiger partial charge in [0.2, 0.25) is 15.9 Å². The molecule has 0 radical (unpaired) electrons.